The Hall–Kier alpha value is -2.74. The number of ketones is 2. The Bertz CT molecular complexity index is 1380. The lowest BCUT2D eigenvalue weighted by atomic mass is 9.39. The topological polar surface area (TPSA) is 84.2 Å². The van der Waals surface area contributed by atoms with Crippen LogP contribution in [0.1, 0.15) is 126 Å². The molecule has 0 radical (unpaired) electrons. The van der Waals surface area contributed by atoms with E-state index < -0.39 is 16.2 Å². The van der Waals surface area contributed by atoms with E-state index in [-0.39, 0.29) is 63.7 Å². The predicted molar refractivity (Wildman–Crippen MR) is 179 cm³/mol. The van der Waals surface area contributed by atoms with Crippen molar-refractivity contribution in [2.24, 2.45) is 50.2 Å². The number of Topliss-reactive ketones (excluding diaryl/α,β-unsaturated/α-hetero) is 2. The average Bonchev–Trinajstić information content (AvgIpc) is 2.95. The first-order chi connectivity index (χ1) is 20.8. The largest absolute Gasteiger partial charge is 0.460 e. The van der Waals surface area contributed by atoms with Crippen molar-refractivity contribution in [2.45, 2.75) is 127 Å². The zero-order valence-corrected chi connectivity index (χ0v) is 29.6. The minimum atomic E-state index is -0.675. The smallest absolute Gasteiger partial charge is 0.312 e. The monoisotopic (exact) mass is 615 g/mol. The molecule has 5 nitrogen and oxygen atoms in total. The molecule has 2 fully saturated rings. The van der Waals surface area contributed by atoms with Gasteiger partial charge >= 0.3 is 5.97 Å². The summed E-state index contributed by atoms with van der Waals surface area (Å²) in [6, 6.07) is 12.1. The van der Waals surface area contributed by atoms with Crippen molar-refractivity contribution in [3.8, 4) is 6.07 Å². The summed E-state index contributed by atoms with van der Waals surface area (Å²) in [6.45, 7) is 21.9. The van der Waals surface area contributed by atoms with Gasteiger partial charge in [0.05, 0.1) is 11.0 Å². The Morgan fingerprint density at radius 2 is 1.67 bits per heavy atom. The molecule has 1 unspecified atom stereocenters. The summed E-state index contributed by atoms with van der Waals surface area (Å²) in [4.78, 5) is 40.5. The van der Waals surface area contributed by atoms with Crippen LogP contribution in [0.15, 0.2) is 42.0 Å². The number of ether oxygens (including phenoxy) is 1. The van der Waals surface area contributed by atoms with E-state index in [0.29, 0.717) is 6.42 Å². The molecule has 0 bridgehead atoms. The summed E-state index contributed by atoms with van der Waals surface area (Å²) in [7, 11) is 0. The number of hydrogen-bond donors (Lipinski definition) is 0. The van der Waals surface area contributed by atoms with Crippen LogP contribution in [0.5, 0.6) is 0 Å². The van der Waals surface area contributed by atoms with Crippen LogP contribution >= 0.6 is 0 Å². The van der Waals surface area contributed by atoms with Crippen LogP contribution in [-0.2, 0) is 25.7 Å². The molecule has 1 aromatic rings. The van der Waals surface area contributed by atoms with Gasteiger partial charge in [0.2, 0.25) is 0 Å². The maximum absolute atomic E-state index is 14.2. The molecular formula is C40H57NO4. The summed E-state index contributed by atoms with van der Waals surface area (Å²) in [5.74, 6) is 0.149. The first kappa shape index (κ1) is 35.1. The van der Waals surface area contributed by atoms with Gasteiger partial charge in [-0.15, -0.1) is 0 Å². The molecule has 3 aliphatic rings. The van der Waals surface area contributed by atoms with Crippen molar-refractivity contribution in [3.05, 3.63) is 47.5 Å². The molecule has 1 aromatic carbocycles. The fourth-order valence-corrected chi connectivity index (χ4v) is 10.1. The number of nitriles is 1. The lowest BCUT2D eigenvalue weighted by molar-refractivity contribution is -0.170. The molecule has 0 saturated heterocycles. The summed E-state index contributed by atoms with van der Waals surface area (Å²) < 4.78 is 6.11. The number of rotatable bonds is 9. The number of hydrogen-bond acceptors (Lipinski definition) is 5. The van der Waals surface area contributed by atoms with Crippen molar-refractivity contribution < 1.29 is 19.1 Å². The van der Waals surface area contributed by atoms with Crippen molar-refractivity contribution in [1.29, 1.82) is 5.26 Å². The Morgan fingerprint density at radius 1 is 1.02 bits per heavy atom. The maximum Gasteiger partial charge on any atom is 0.312 e. The number of carbonyl (C=O) groups is 3. The van der Waals surface area contributed by atoms with Crippen LogP contribution in [0.25, 0.3) is 0 Å². The summed E-state index contributed by atoms with van der Waals surface area (Å²) in [5, 5.41) is 9.99. The quantitative estimate of drug-likeness (QED) is 0.258. The van der Waals surface area contributed by atoms with E-state index >= 15 is 0 Å². The van der Waals surface area contributed by atoms with Crippen LogP contribution in [0.3, 0.4) is 0 Å². The van der Waals surface area contributed by atoms with E-state index in [1.807, 2.05) is 50.3 Å². The molecule has 3 aliphatic carbocycles. The third-order valence-corrected chi connectivity index (χ3v) is 13.4. The fraction of sp³-hybridized carbons (Fsp3) is 0.700. The lowest BCUT2D eigenvalue weighted by Gasteiger charge is -2.64. The number of nitrogens with zero attached hydrogens (tertiary/aromatic N) is 1. The molecule has 6 atom stereocenters. The average molecular weight is 616 g/mol. The predicted octanol–water partition coefficient (Wildman–Crippen LogP) is 9.45. The second-order valence-corrected chi connectivity index (χ2v) is 17.4. The van der Waals surface area contributed by atoms with Gasteiger partial charge in [-0.3, -0.25) is 9.59 Å². The van der Waals surface area contributed by atoms with Gasteiger partial charge in [-0.05, 0) is 96.8 Å². The van der Waals surface area contributed by atoms with E-state index in [2.05, 4.69) is 54.5 Å². The molecule has 0 heterocycles. The van der Waals surface area contributed by atoms with Crippen LogP contribution in [-0.4, -0.2) is 17.5 Å². The molecule has 0 spiro atoms. The van der Waals surface area contributed by atoms with Crippen molar-refractivity contribution >= 4 is 17.5 Å². The van der Waals surface area contributed by atoms with Gasteiger partial charge in [-0.2, -0.15) is 5.26 Å². The minimum Gasteiger partial charge on any atom is -0.460 e. The third kappa shape index (κ3) is 6.20. The maximum atomic E-state index is 14.2. The molecule has 2 saturated carbocycles. The van der Waals surface area contributed by atoms with Gasteiger partial charge in [0.1, 0.15) is 18.5 Å². The second kappa shape index (κ2) is 12.1. The first-order valence-corrected chi connectivity index (χ1v) is 17.1. The summed E-state index contributed by atoms with van der Waals surface area (Å²) in [6.07, 6.45) is 8.39. The molecule has 45 heavy (non-hydrogen) atoms. The molecule has 0 aliphatic heterocycles. The van der Waals surface area contributed by atoms with E-state index in [1.54, 1.807) is 6.92 Å². The molecule has 4 rings (SSSR count). The number of carbonyl (C=O) groups excluding carboxylic acids is 3. The zero-order chi connectivity index (χ0) is 33.6. The van der Waals surface area contributed by atoms with Crippen molar-refractivity contribution in [3.63, 3.8) is 0 Å². The van der Waals surface area contributed by atoms with Crippen LogP contribution in [0, 0.1) is 61.6 Å². The lowest BCUT2D eigenvalue weighted by Crippen LogP contribution is -2.60. The zero-order valence-electron chi connectivity index (χ0n) is 29.6. The fourth-order valence-electron chi connectivity index (χ4n) is 10.1. The van der Waals surface area contributed by atoms with Crippen molar-refractivity contribution in [2.75, 3.05) is 0 Å². The number of allylic oxidation sites excluding steroid dienone is 2. The molecular weight excluding hydrogens is 558 g/mol. The number of fused-ring (bicyclic) bond motifs is 1. The van der Waals surface area contributed by atoms with Crippen LogP contribution in [0.2, 0.25) is 0 Å². The highest BCUT2D eigenvalue weighted by atomic mass is 16.5. The highest BCUT2D eigenvalue weighted by Crippen LogP contribution is 2.68. The Labute approximate surface area is 272 Å². The second-order valence-electron chi connectivity index (χ2n) is 17.4. The van der Waals surface area contributed by atoms with E-state index in [0.717, 1.165) is 50.5 Å². The Balaban J connectivity index is 1.69. The molecule has 0 aromatic heterocycles. The van der Waals surface area contributed by atoms with Crippen LogP contribution < -0.4 is 0 Å². The van der Waals surface area contributed by atoms with Gasteiger partial charge < -0.3 is 9.53 Å². The normalized spacial score (nSPS) is 34.2. The van der Waals surface area contributed by atoms with E-state index in [9.17, 15) is 19.6 Å². The molecule has 0 N–H and O–H groups in total. The highest BCUT2D eigenvalue weighted by Gasteiger charge is 2.63. The number of esters is 1. The number of benzene rings is 1. The third-order valence-electron chi connectivity index (χ3n) is 13.4. The van der Waals surface area contributed by atoms with Gasteiger partial charge in [-0.25, -0.2) is 0 Å². The van der Waals surface area contributed by atoms with Crippen molar-refractivity contribution in [1.82, 2.24) is 0 Å². The van der Waals surface area contributed by atoms with E-state index in [4.69, 9.17) is 4.74 Å². The summed E-state index contributed by atoms with van der Waals surface area (Å²) in [5.41, 5.74) is -0.807. The van der Waals surface area contributed by atoms with Gasteiger partial charge in [0.15, 0.2) is 5.78 Å². The van der Waals surface area contributed by atoms with Gasteiger partial charge in [0, 0.05) is 11.8 Å². The molecule has 246 valence electrons. The standard InChI is InChI=1S/C40H57NO4/c1-27-23-35(3,4)18-20-40(27,34(44)45-26-29-14-12-11-13-15-29)21-19-36(5,6)39(10)17-16-31-37(7,8)33(43)30(25-41)24-38(31,9)32(39)22-28(2)42/h11-15,24,27,31-32H,16-23,26H2,1-10H3/t27?,31-,32+,38-,39+,40-/m0/s1. The first-order valence-electron chi connectivity index (χ1n) is 17.1. The molecule has 5 heteroatoms. The highest BCUT2D eigenvalue weighted by molar-refractivity contribution is 6.04. The Kier molecular flexibility index (Phi) is 9.46. The Morgan fingerprint density at radius 3 is 2.24 bits per heavy atom. The summed E-state index contributed by atoms with van der Waals surface area (Å²) >= 11 is 0. The van der Waals surface area contributed by atoms with Crippen LogP contribution in [0.4, 0.5) is 0 Å². The van der Waals surface area contributed by atoms with E-state index in [1.165, 1.54) is 0 Å². The van der Waals surface area contributed by atoms with Gasteiger partial charge in [0.25, 0.3) is 0 Å². The minimum absolute atomic E-state index is 0.0442. The van der Waals surface area contributed by atoms with Gasteiger partial charge in [-0.1, -0.05) is 98.7 Å². The molecule has 0 amide bonds. The SMILES string of the molecule is CC(=O)C[C@@H]1[C@@]2(C)C=C(C#N)C(=O)C(C)(C)[C@@H]2CC[C@@]1(C)C(C)(C)CC[C@@]1(C(=O)OCc2ccccc2)CCC(C)(C)CC1C.